The molecule has 3 aliphatic rings. The van der Waals surface area contributed by atoms with Crippen molar-refractivity contribution in [1.29, 1.82) is 0 Å². The smallest absolute Gasteiger partial charge is 0.231 e. The number of hydrogen-bond acceptors (Lipinski definition) is 4. The van der Waals surface area contributed by atoms with E-state index in [1.54, 1.807) is 6.92 Å². The third kappa shape index (κ3) is 5.90. The van der Waals surface area contributed by atoms with Crippen molar-refractivity contribution in [3.05, 3.63) is 125 Å². The average molecular weight is 590 g/mol. The van der Waals surface area contributed by atoms with Crippen LogP contribution in [0, 0.1) is 0 Å². The van der Waals surface area contributed by atoms with Crippen molar-refractivity contribution in [2.24, 2.45) is 0 Å². The zero-order valence-corrected chi connectivity index (χ0v) is 25.8. The number of allylic oxidation sites excluding steroid dienone is 2. The number of aliphatic hydroxyl groups is 1. The van der Waals surface area contributed by atoms with E-state index in [1.165, 1.54) is 0 Å². The summed E-state index contributed by atoms with van der Waals surface area (Å²) in [4.78, 5) is 30.9. The van der Waals surface area contributed by atoms with E-state index in [4.69, 9.17) is 0 Å². The van der Waals surface area contributed by atoms with Gasteiger partial charge in [0, 0.05) is 18.3 Å². The molecule has 6 nitrogen and oxygen atoms in total. The van der Waals surface area contributed by atoms with Crippen LogP contribution in [0.3, 0.4) is 0 Å². The molecule has 0 bridgehead atoms. The number of hydrogen-bond donors (Lipinski definition) is 2. The normalized spacial score (nSPS) is 20.5. The second kappa shape index (κ2) is 12.7. The molecule has 2 amide bonds. The van der Waals surface area contributed by atoms with Gasteiger partial charge >= 0.3 is 0 Å². The molecule has 1 aliphatic heterocycles. The standard InChI is InChI=1S/C38H43N3O3/c1-3-12-33-26-40(27(2)42)36(30-13-6-4-7-14-30)41(33)32-21-17-28(18-22-32)25-34(35(43)29-19-20-29)39-37(44)38(23-10-11-24-38)31-15-8-5-9-16-31/h4-9,12-18,21-22,34,36,43H,3,10-11,19-20,23-26H2,1-2H3,(H,39,44)/b33-12+/t34-,36?/m0/s1. The van der Waals surface area contributed by atoms with E-state index in [2.05, 4.69) is 71.7 Å². The molecule has 6 rings (SSSR count). The molecule has 3 aromatic rings. The number of rotatable bonds is 9. The zero-order valence-electron chi connectivity index (χ0n) is 25.8. The van der Waals surface area contributed by atoms with Crippen molar-refractivity contribution in [2.45, 2.75) is 82.8 Å². The van der Waals surface area contributed by atoms with Gasteiger partial charge in [-0.2, -0.15) is 0 Å². The fourth-order valence-corrected chi connectivity index (χ4v) is 7.07. The van der Waals surface area contributed by atoms with E-state index in [1.807, 2.05) is 41.3 Å². The molecule has 3 aromatic carbocycles. The third-order valence-corrected chi connectivity index (χ3v) is 9.49. The Bertz CT molecular complexity index is 1530. The molecule has 1 saturated heterocycles. The number of carbonyl (C=O) groups is 2. The highest BCUT2D eigenvalue weighted by Crippen LogP contribution is 2.43. The lowest BCUT2D eigenvalue weighted by Crippen LogP contribution is -2.48. The molecule has 2 N–H and O–H groups in total. The van der Waals surface area contributed by atoms with Crippen molar-refractivity contribution in [1.82, 2.24) is 10.2 Å². The van der Waals surface area contributed by atoms with Crippen LogP contribution in [0.2, 0.25) is 0 Å². The van der Waals surface area contributed by atoms with Gasteiger partial charge in [0.25, 0.3) is 0 Å². The second-order valence-electron chi connectivity index (χ2n) is 12.4. The number of amides is 2. The molecule has 1 unspecified atom stereocenters. The first-order valence-corrected chi connectivity index (χ1v) is 16.1. The highest BCUT2D eigenvalue weighted by molar-refractivity contribution is 5.89. The maximum atomic E-state index is 14.0. The zero-order chi connectivity index (χ0) is 30.7. The lowest BCUT2D eigenvalue weighted by molar-refractivity contribution is -0.129. The Kier molecular flexibility index (Phi) is 8.60. The molecule has 3 fully saturated rings. The maximum absolute atomic E-state index is 14.0. The molecule has 228 valence electrons. The van der Waals surface area contributed by atoms with Crippen LogP contribution in [0.25, 0.3) is 0 Å². The van der Waals surface area contributed by atoms with Gasteiger partial charge < -0.3 is 20.2 Å². The molecule has 44 heavy (non-hydrogen) atoms. The van der Waals surface area contributed by atoms with Gasteiger partial charge in [-0.25, -0.2) is 0 Å². The lowest BCUT2D eigenvalue weighted by atomic mass is 9.77. The minimum absolute atomic E-state index is 0.0112. The second-order valence-corrected chi connectivity index (χ2v) is 12.4. The Morgan fingerprint density at radius 1 is 0.955 bits per heavy atom. The Balaban J connectivity index is 1.27. The predicted octanol–water partition coefficient (Wildman–Crippen LogP) is 7.49. The monoisotopic (exact) mass is 589 g/mol. The van der Waals surface area contributed by atoms with Crippen LogP contribution < -0.4 is 10.2 Å². The fraction of sp³-hybridized carbons (Fsp3) is 0.368. The summed E-state index contributed by atoms with van der Waals surface area (Å²) in [5.74, 6) is 0.368. The van der Waals surface area contributed by atoms with Crippen LogP contribution in [0.15, 0.2) is 108 Å². The van der Waals surface area contributed by atoms with E-state index in [-0.39, 0.29) is 18.0 Å². The summed E-state index contributed by atoms with van der Waals surface area (Å²) in [6.45, 7) is 4.31. The minimum atomic E-state index is -0.551. The quantitative estimate of drug-likeness (QED) is 0.254. The van der Waals surface area contributed by atoms with Crippen LogP contribution in [0.5, 0.6) is 0 Å². The molecule has 2 saturated carbocycles. The highest BCUT2D eigenvalue weighted by atomic mass is 16.3. The lowest BCUT2D eigenvalue weighted by Gasteiger charge is -2.32. The van der Waals surface area contributed by atoms with Crippen molar-refractivity contribution >= 4 is 17.5 Å². The van der Waals surface area contributed by atoms with Gasteiger partial charge in [0.15, 0.2) is 0 Å². The molecule has 0 radical (unpaired) electrons. The number of anilines is 1. The van der Waals surface area contributed by atoms with E-state index in [0.717, 1.165) is 78.6 Å². The van der Waals surface area contributed by atoms with Crippen LogP contribution in [0.4, 0.5) is 5.69 Å². The van der Waals surface area contributed by atoms with Gasteiger partial charge in [-0.05, 0) is 72.9 Å². The molecular formula is C38H43N3O3. The molecular weight excluding hydrogens is 546 g/mol. The molecule has 2 aliphatic carbocycles. The summed E-state index contributed by atoms with van der Waals surface area (Å²) in [6, 6.07) is 28.2. The Morgan fingerprint density at radius 2 is 1.59 bits per heavy atom. The van der Waals surface area contributed by atoms with Gasteiger partial charge in [0.1, 0.15) is 11.9 Å². The predicted molar refractivity (Wildman–Crippen MR) is 175 cm³/mol. The number of nitrogens with zero attached hydrogens (tertiary/aromatic N) is 2. The Hall–Kier alpha value is -4.32. The summed E-state index contributed by atoms with van der Waals surface area (Å²) in [7, 11) is 0. The van der Waals surface area contributed by atoms with Crippen LogP contribution in [-0.2, 0) is 21.4 Å². The SMILES string of the molecule is CC/C=C1\CN(C(C)=O)C(c2ccccc2)N1c1ccc(C[C@H](NC(=O)C2(c3ccccc3)CCCC2)C(O)=C2CC2)cc1. The number of benzene rings is 3. The Morgan fingerprint density at radius 3 is 2.18 bits per heavy atom. The molecule has 0 aromatic heterocycles. The van der Waals surface area contributed by atoms with Gasteiger partial charge in [0.05, 0.1) is 18.0 Å². The van der Waals surface area contributed by atoms with Crippen molar-refractivity contribution in [2.75, 3.05) is 11.4 Å². The van der Waals surface area contributed by atoms with Gasteiger partial charge in [0.2, 0.25) is 11.8 Å². The summed E-state index contributed by atoms with van der Waals surface area (Å²) in [5, 5.41) is 14.5. The third-order valence-electron chi connectivity index (χ3n) is 9.49. The summed E-state index contributed by atoms with van der Waals surface area (Å²) in [5.41, 5.74) is 5.75. The van der Waals surface area contributed by atoms with Crippen molar-refractivity contribution in [3.63, 3.8) is 0 Å². The maximum Gasteiger partial charge on any atom is 0.231 e. The van der Waals surface area contributed by atoms with Gasteiger partial charge in [-0.3, -0.25) is 9.59 Å². The first-order valence-electron chi connectivity index (χ1n) is 16.1. The van der Waals surface area contributed by atoms with Gasteiger partial charge in [-0.1, -0.05) is 98.6 Å². The minimum Gasteiger partial charge on any atom is -0.510 e. The van der Waals surface area contributed by atoms with Crippen LogP contribution >= 0.6 is 0 Å². The first-order chi connectivity index (χ1) is 21.4. The summed E-state index contributed by atoms with van der Waals surface area (Å²) >= 11 is 0. The number of carbonyl (C=O) groups excluding carboxylic acids is 2. The van der Waals surface area contributed by atoms with Crippen LogP contribution in [-0.4, -0.2) is 34.4 Å². The molecule has 1 heterocycles. The van der Waals surface area contributed by atoms with E-state index >= 15 is 0 Å². The largest absolute Gasteiger partial charge is 0.510 e. The average Bonchev–Trinajstić information content (AvgIpc) is 3.64. The van der Waals surface area contributed by atoms with E-state index < -0.39 is 11.5 Å². The number of aliphatic hydroxyl groups excluding tert-OH is 1. The first kappa shape index (κ1) is 29.7. The van der Waals surface area contributed by atoms with Crippen molar-refractivity contribution < 1.29 is 14.7 Å². The van der Waals surface area contributed by atoms with Crippen molar-refractivity contribution in [3.8, 4) is 0 Å². The van der Waals surface area contributed by atoms with Gasteiger partial charge in [-0.15, -0.1) is 0 Å². The molecule has 0 spiro atoms. The topological polar surface area (TPSA) is 72.9 Å². The molecule has 2 atom stereocenters. The molecule has 6 heteroatoms. The Labute approximate surface area is 261 Å². The van der Waals surface area contributed by atoms with Crippen LogP contribution in [0.1, 0.15) is 81.6 Å². The highest BCUT2D eigenvalue weighted by Gasteiger charge is 2.44. The summed E-state index contributed by atoms with van der Waals surface area (Å²) in [6.07, 6.45) is 8.82. The van der Waals surface area contributed by atoms with E-state index in [9.17, 15) is 14.7 Å². The number of nitrogens with one attached hydrogen (secondary N) is 1. The summed E-state index contributed by atoms with van der Waals surface area (Å²) < 4.78 is 0. The van der Waals surface area contributed by atoms with E-state index in [0.29, 0.717) is 18.7 Å². The fourth-order valence-electron chi connectivity index (χ4n) is 7.07.